The topological polar surface area (TPSA) is 100 Å². The molecule has 0 spiro atoms. The molecule has 0 amide bonds. The Bertz CT molecular complexity index is 411. The second-order valence-corrected chi connectivity index (χ2v) is 7.43. The van der Waals surface area contributed by atoms with Crippen LogP contribution in [0.15, 0.2) is 0 Å². The fourth-order valence-electron chi connectivity index (χ4n) is 2.33. The molecule has 1 atom stereocenters. The normalized spacial score (nSPS) is 12.2. The van der Waals surface area contributed by atoms with Gasteiger partial charge >= 0.3 is 5.97 Å². The predicted molar refractivity (Wildman–Crippen MR) is 127 cm³/mol. The Balaban J connectivity index is 3.06. The molecule has 0 N–H and O–H groups in total. The summed E-state index contributed by atoms with van der Waals surface area (Å²) >= 11 is 0. The molecule has 1 unspecified atom stereocenters. The minimum absolute atomic E-state index is 0.245. The summed E-state index contributed by atoms with van der Waals surface area (Å²) < 4.78 is 48.2. The largest absolute Gasteiger partial charge is 0.466 e. The van der Waals surface area contributed by atoms with E-state index < -0.39 is 0 Å². The lowest BCUT2D eigenvalue weighted by molar-refractivity contribution is -0.144. The molecular formula is C24H48O10. The third-order valence-corrected chi connectivity index (χ3v) is 4.46. The molecule has 10 nitrogen and oxygen atoms in total. The maximum atomic E-state index is 11.1. The number of esters is 1. The highest BCUT2D eigenvalue weighted by atomic mass is 16.6. The van der Waals surface area contributed by atoms with E-state index in [0.29, 0.717) is 112 Å². The van der Waals surface area contributed by atoms with Crippen LogP contribution in [0.2, 0.25) is 0 Å². The Hall–Kier alpha value is -0.850. The predicted octanol–water partition coefficient (Wildman–Crippen LogP) is 2.12. The molecule has 0 rings (SSSR count). The Morgan fingerprint density at radius 1 is 0.529 bits per heavy atom. The summed E-state index contributed by atoms with van der Waals surface area (Å²) in [5, 5.41) is 0. The first-order valence-electron chi connectivity index (χ1n) is 12.5. The zero-order valence-electron chi connectivity index (χ0n) is 21.6. The zero-order valence-corrected chi connectivity index (χ0v) is 21.6. The van der Waals surface area contributed by atoms with Gasteiger partial charge in [-0.05, 0) is 12.8 Å². The van der Waals surface area contributed by atoms with Crippen molar-refractivity contribution in [1.82, 2.24) is 0 Å². The van der Waals surface area contributed by atoms with Crippen LogP contribution in [0.3, 0.4) is 0 Å². The van der Waals surface area contributed by atoms with Gasteiger partial charge in [-0.15, -0.1) is 0 Å². The van der Waals surface area contributed by atoms with Crippen molar-refractivity contribution in [1.29, 1.82) is 0 Å². The van der Waals surface area contributed by atoms with Crippen molar-refractivity contribution in [2.75, 3.05) is 112 Å². The molecular weight excluding hydrogens is 448 g/mol. The monoisotopic (exact) mass is 496 g/mol. The van der Waals surface area contributed by atoms with E-state index in [1.807, 2.05) is 0 Å². The first-order valence-corrected chi connectivity index (χ1v) is 12.5. The second kappa shape index (κ2) is 28.4. The highest BCUT2D eigenvalue weighted by Gasteiger charge is 2.01. The van der Waals surface area contributed by atoms with Crippen LogP contribution in [0.4, 0.5) is 0 Å². The van der Waals surface area contributed by atoms with E-state index in [-0.39, 0.29) is 12.4 Å². The Morgan fingerprint density at radius 2 is 0.853 bits per heavy atom. The third-order valence-electron chi connectivity index (χ3n) is 4.46. The minimum Gasteiger partial charge on any atom is -0.466 e. The van der Waals surface area contributed by atoms with Gasteiger partial charge in [-0.2, -0.15) is 0 Å². The summed E-state index contributed by atoms with van der Waals surface area (Å²) in [5.74, 6) is 0.354. The maximum absolute atomic E-state index is 11.1. The van der Waals surface area contributed by atoms with Gasteiger partial charge in [-0.3, -0.25) is 4.79 Å². The van der Waals surface area contributed by atoms with E-state index >= 15 is 0 Å². The molecule has 0 saturated heterocycles. The lowest BCUT2D eigenvalue weighted by Gasteiger charge is -2.10. The van der Waals surface area contributed by atoms with Crippen molar-refractivity contribution < 1.29 is 47.4 Å². The quantitative estimate of drug-likeness (QED) is 0.118. The first-order chi connectivity index (χ1) is 16.7. The van der Waals surface area contributed by atoms with Crippen LogP contribution in [0.5, 0.6) is 0 Å². The van der Waals surface area contributed by atoms with Crippen molar-refractivity contribution in [2.24, 2.45) is 5.92 Å². The van der Waals surface area contributed by atoms with Gasteiger partial charge in [0.05, 0.1) is 112 Å². The van der Waals surface area contributed by atoms with E-state index in [9.17, 15) is 4.79 Å². The molecule has 0 radical (unpaired) electrons. The molecule has 0 aliphatic heterocycles. The fourth-order valence-corrected chi connectivity index (χ4v) is 2.33. The number of rotatable bonds is 28. The van der Waals surface area contributed by atoms with E-state index in [4.69, 9.17) is 42.6 Å². The molecule has 0 aromatic carbocycles. The zero-order chi connectivity index (χ0) is 25.0. The Labute approximate surface area is 205 Å². The molecule has 0 aliphatic rings. The molecule has 0 bridgehead atoms. The standard InChI is InChI=1S/C24H48O10/c1-4-23(3)22-33-21-20-32-19-18-31-17-16-30-15-14-29-13-12-28-11-10-27-9-8-26-7-6-24(25)34-5-2/h23H,4-22H2,1-3H3. The van der Waals surface area contributed by atoms with Crippen LogP contribution >= 0.6 is 0 Å². The van der Waals surface area contributed by atoms with Gasteiger partial charge in [0.15, 0.2) is 0 Å². The number of carbonyl (C=O) groups excluding carboxylic acids is 1. The van der Waals surface area contributed by atoms with E-state index in [0.717, 1.165) is 13.0 Å². The average molecular weight is 497 g/mol. The van der Waals surface area contributed by atoms with Crippen molar-refractivity contribution in [3.05, 3.63) is 0 Å². The molecule has 0 fully saturated rings. The van der Waals surface area contributed by atoms with E-state index in [2.05, 4.69) is 13.8 Å². The molecule has 0 aliphatic carbocycles. The van der Waals surface area contributed by atoms with Crippen LogP contribution < -0.4 is 0 Å². The van der Waals surface area contributed by atoms with Crippen LogP contribution in [-0.4, -0.2) is 118 Å². The smallest absolute Gasteiger partial charge is 0.308 e. The van der Waals surface area contributed by atoms with Gasteiger partial charge in [0.25, 0.3) is 0 Å². The molecule has 34 heavy (non-hydrogen) atoms. The van der Waals surface area contributed by atoms with Crippen LogP contribution in [0.1, 0.15) is 33.6 Å². The maximum Gasteiger partial charge on any atom is 0.308 e. The van der Waals surface area contributed by atoms with Gasteiger partial charge in [-0.1, -0.05) is 20.3 Å². The van der Waals surface area contributed by atoms with E-state index in [1.54, 1.807) is 6.92 Å². The van der Waals surface area contributed by atoms with Gasteiger partial charge in [0.2, 0.25) is 0 Å². The fraction of sp³-hybridized carbons (Fsp3) is 0.958. The van der Waals surface area contributed by atoms with Crippen LogP contribution in [-0.2, 0) is 47.4 Å². The minimum atomic E-state index is -0.245. The van der Waals surface area contributed by atoms with Crippen LogP contribution in [0.25, 0.3) is 0 Å². The van der Waals surface area contributed by atoms with Crippen molar-refractivity contribution in [3.8, 4) is 0 Å². The highest BCUT2D eigenvalue weighted by Crippen LogP contribution is 2.00. The third kappa shape index (κ3) is 27.4. The van der Waals surface area contributed by atoms with Crippen molar-refractivity contribution in [2.45, 2.75) is 33.6 Å². The highest BCUT2D eigenvalue weighted by molar-refractivity contribution is 5.69. The molecule has 204 valence electrons. The summed E-state index contributed by atoms with van der Waals surface area (Å²) in [6.45, 7) is 15.0. The van der Waals surface area contributed by atoms with Crippen molar-refractivity contribution in [3.63, 3.8) is 0 Å². The van der Waals surface area contributed by atoms with Crippen molar-refractivity contribution >= 4 is 5.97 Å². The van der Waals surface area contributed by atoms with Gasteiger partial charge < -0.3 is 42.6 Å². The summed E-state index contributed by atoms with van der Waals surface area (Å²) in [4.78, 5) is 11.1. The molecule has 10 heteroatoms. The Kier molecular flexibility index (Phi) is 27.7. The summed E-state index contributed by atoms with van der Waals surface area (Å²) in [5.41, 5.74) is 0. The first kappa shape index (κ1) is 33.1. The lowest BCUT2D eigenvalue weighted by atomic mass is 10.1. The van der Waals surface area contributed by atoms with Gasteiger partial charge in [0.1, 0.15) is 0 Å². The lowest BCUT2D eigenvalue weighted by Crippen LogP contribution is -2.15. The molecule has 0 aromatic heterocycles. The molecule has 0 saturated carbocycles. The summed E-state index contributed by atoms with van der Waals surface area (Å²) in [7, 11) is 0. The Morgan fingerprint density at radius 3 is 1.18 bits per heavy atom. The van der Waals surface area contributed by atoms with Crippen LogP contribution in [0, 0.1) is 5.92 Å². The second-order valence-electron chi connectivity index (χ2n) is 7.43. The summed E-state index contributed by atoms with van der Waals surface area (Å²) in [6, 6.07) is 0. The molecule has 0 aromatic rings. The molecule has 0 heterocycles. The van der Waals surface area contributed by atoms with E-state index in [1.165, 1.54) is 0 Å². The summed E-state index contributed by atoms with van der Waals surface area (Å²) in [6.07, 6.45) is 1.40. The SMILES string of the molecule is CCOC(=O)CCOCCOCCOCCOCCOCCOCCOCCOCC(C)CC. The van der Waals surface area contributed by atoms with Gasteiger partial charge in [-0.25, -0.2) is 0 Å². The number of ether oxygens (including phenoxy) is 9. The number of hydrogen-bond acceptors (Lipinski definition) is 10. The average Bonchev–Trinajstić information content (AvgIpc) is 2.84. The number of hydrogen-bond donors (Lipinski definition) is 0. The number of carbonyl (C=O) groups is 1. The van der Waals surface area contributed by atoms with Gasteiger partial charge in [0, 0.05) is 6.61 Å².